The van der Waals surface area contributed by atoms with E-state index in [0.29, 0.717) is 0 Å². The highest BCUT2D eigenvalue weighted by Gasteiger charge is 2.44. The molecule has 0 unspecified atom stereocenters. The molecule has 3 atom stereocenters. The van der Waals surface area contributed by atoms with Crippen LogP contribution in [0, 0.1) is 5.92 Å². The van der Waals surface area contributed by atoms with Gasteiger partial charge in [-0.05, 0) is 38.3 Å². The third kappa shape index (κ3) is 4.51. The lowest BCUT2D eigenvalue weighted by Crippen LogP contribution is -2.34. The van der Waals surface area contributed by atoms with Crippen LogP contribution < -0.4 is 0 Å². The monoisotopic (exact) mass is 362 g/mol. The topological polar surface area (TPSA) is 93.1 Å². The van der Waals surface area contributed by atoms with E-state index in [-0.39, 0.29) is 24.2 Å². The second kappa shape index (κ2) is 8.96. The summed E-state index contributed by atoms with van der Waals surface area (Å²) in [5.74, 6) is -1.69. The zero-order valence-corrected chi connectivity index (χ0v) is 15.2. The Morgan fingerprint density at radius 1 is 1.46 bits per heavy atom. The first-order valence-electron chi connectivity index (χ1n) is 8.74. The maximum atomic E-state index is 12.4. The summed E-state index contributed by atoms with van der Waals surface area (Å²) in [6.45, 7) is 6.81. The predicted octanol–water partition coefficient (Wildman–Crippen LogP) is 1.98. The van der Waals surface area contributed by atoms with Crippen LogP contribution in [0.3, 0.4) is 0 Å². The van der Waals surface area contributed by atoms with Gasteiger partial charge in [0.15, 0.2) is 0 Å². The van der Waals surface area contributed by atoms with Gasteiger partial charge in [0.25, 0.3) is 0 Å². The Kier molecular flexibility index (Phi) is 6.94. The fourth-order valence-electron chi connectivity index (χ4n) is 3.25. The fraction of sp³-hybridized carbons (Fsp3) is 0.500. The Labute approximate surface area is 153 Å². The summed E-state index contributed by atoms with van der Waals surface area (Å²) in [4.78, 5) is 24.4. The number of esters is 2. The van der Waals surface area contributed by atoms with Crippen molar-refractivity contribution in [3.63, 3.8) is 0 Å². The first kappa shape index (κ1) is 20.1. The van der Waals surface area contributed by atoms with Crippen molar-refractivity contribution < 1.29 is 29.3 Å². The molecule has 0 aromatic carbocycles. The lowest BCUT2D eigenvalue weighted by atomic mass is 9.85. The number of hydrogen-bond donors (Lipinski definition) is 2. The molecule has 1 saturated heterocycles. The normalized spacial score (nSPS) is 31.2. The number of fused-ring (bicyclic) bond motifs is 1. The molecule has 26 heavy (non-hydrogen) atoms. The molecule has 0 spiro atoms. The van der Waals surface area contributed by atoms with Crippen LogP contribution in [0.2, 0.25) is 0 Å². The van der Waals surface area contributed by atoms with E-state index in [4.69, 9.17) is 9.47 Å². The molecular weight excluding hydrogens is 336 g/mol. The second-order valence-corrected chi connectivity index (χ2v) is 6.61. The summed E-state index contributed by atoms with van der Waals surface area (Å²) < 4.78 is 11.0. The van der Waals surface area contributed by atoms with Gasteiger partial charge in [-0.3, -0.25) is 0 Å². The van der Waals surface area contributed by atoms with Crippen LogP contribution >= 0.6 is 0 Å². The maximum absolute atomic E-state index is 12.4. The van der Waals surface area contributed by atoms with E-state index in [2.05, 4.69) is 6.58 Å². The lowest BCUT2D eigenvalue weighted by Gasteiger charge is -2.28. The van der Waals surface area contributed by atoms with Gasteiger partial charge in [-0.2, -0.15) is 0 Å². The van der Waals surface area contributed by atoms with Gasteiger partial charge >= 0.3 is 11.9 Å². The van der Waals surface area contributed by atoms with E-state index in [1.807, 2.05) is 19.1 Å². The summed E-state index contributed by atoms with van der Waals surface area (Å²) in [6, 6.07) is 0. The minimum absolute atomic E-state index is 0.135. The molecule has 1 aliphatic carbocycles. The molecule has 142 valence electrons. The minimum Gasteiger partial charge on any atom is -0.458 e. The summed E-state index contributed by atoms with van der Waals surface area (Å²) >= 11 is 0. The summed E-state index contributed by atoms with van der Waals surface area (Å²) in [7, 11) is 0. The van der Waals surface area contributed by atoms with Gasteiger partial charge in [0.05, 0.1) is 24.7 Å². The summed E-state index contributed by atoms with van der Waals surface area (Å²) in [5.41, 5.74) is 2.17. The van der Waals surface area contributed by atoms with Crippen molar-refractivity contribution >= 4 is 11.9 Å². The standard InChI is InChI=1S/C20H26O6/c1-4-15(11-22)20(24)26-17-9-14(10-21)7-5-6-12(2)8-16-18(17)13(3)19(23)25-16/h4,7-8,16-18,21-22H,3,5-6,9-11H2,1-2H3/b12-8-,14-7+,15-4+/t16-,17-,18+/m1/s1. The van der Waals surface area contributed by atoms with Gasteiger partial charge < -0.3 is 19.7 Å². The Morgan fingerprint density at radius 3 is 2.81 bits per heavy atom. The Hall–Kier alpha value is -2.18. The number of ether oxygens (including phenoxy) is 2. The van der Waals surface area contributed by atoms with E-state index < -0.39 is 36.7 Å². The van der Waals surface area contributed by atoms with Crippen molar-refractivity contribution in [2.75, 3.05) is 13.2 Å². The van der Waals surface area contributed by atoms with Crippen LogP contribution in [-0.2, 0) is 19.1 Å². The quantitative estimate of drug-likeness (QED) is 0.451. The molecule has 0 aromatic heterocycles. The van der Waals surface area contributed by atoms with Crippen molar-refractivity contribution in [3.8, 4) is 0 Å². The van der Waals surface area contributed by atoms with Crippen LogP contribution in [0.4, 0.5) is 0 Å². The highest BCUT2D eigenvalue weighted by atomic mass is 16.6. The zero-order chi connectivity index (χ0) is 19.3. The predicted molar refractivity (Wildman–Crippen MR) is 96.0 cm³/mol. The maximum Gasteiger partial charge on any atom is 0.336 e. The van der Waals surface area contributed by atoms with Crippen LogP contribution in [0.15, 0.2) is 47.1 Å². The van der Waals surface area contributed by atoms with Crippen LogP contribution in [0.25, 0.3) is 0 Å². The zero-order valence-electron chi connectivity index (χ0n) is 15.2. The highest BCUT2D eigenvalue weighted by molar-refractivity contribution is 5.92. The molecule has 0 saturated carbocycles. The van der Waals surface area contributed by atoms with Crippen molar-refractivity contribution in [2.45, 2.75) is 45.3 Å². The highest BCUT2D eigenvalue weighted by Crippen LogP contribution is 2.36. The number of rotatable bonds is 4. The van der Waals surface area contributed by atoms with Gasteiger partial charge in [-0.1, -0.05) is 24.3 Å². The minimum atomic E-state index is -0.728. The number of allylic oxidation sites excluding steroid dienone is 3. The number of hydrogen-bond acceptors (Lipinski definition) is 6. The molecule has 6 nitrogen and oxygen atoms in total. The molecule has 1 heterocycles. The molecule has 2 rings (SSSR count). The molecule has 0 amide bonds. The van der Waals surface area contributed by atoms with Gasteiger partial charge in [0, 0.05) is 12.0 Å². The number of carbonyl (C=O) groups excluding carboxylic acids is 2. The van der Waals surface area contributed by atoms with Gasteiger partial charge in [0.1, 0.15) is 12.2 Å². The van der Waals surface area contributed by atoms with Crippen LogP contribution in [-0.4, -0.2) is 47.6 Å². The lowest BCUT2D eigenvalue weighted by molar-refractivity contribution is -0.147. The number of aliphatic hydroxyl groups excluding tert-OH is 2. The van der Waals surface area contributed by atoms with Crippen LogP contribution in [0.5, 0.6) is 0 Å². The van der Waals surface area contributed by atoms with Crippen molar-refractivity contribution in [3.05, 3.63) is 47.1 Å². The smallest absolute Gasteiger partial charge is 0.336 e. The van der Waals surface area contributed by atoms with Crippen molar-refractivity contribution in [2.24, 2.45) is 5.92 Å². The fourth-order valence-corrected chi connectivity index (χ4v) is 3.25. The Morgan fingerprint density at radius 2 is 2.19 bits per heavy atom. The molecule has 6 heteroatoms. The molecule has 0 bridgehead atoms. The Balaban J connectivity index is 2.40. The van der Waals surface area contributed by atoms with Gasteiger partial charge in [-0.15, -0.1) is 0 Å². The van der Waals surface area contributed by atoms with Crippen molar-refractivity contribution in [1.82, 2.24) is 0 Å². The van der Waals surface area contributed by atoms with Gasteiger partial charge in [-0.25, -0.2) is 9.59 Å². The van der Waals surface area contributed by atoms with E-state index in [1.54, 1.807) is 6.92 Å². The summed E-state index contributed by atoms with van der Waals surface area (Å²) in [6.07, 6.45) is 5.80. The molecular formula is C20H26O6. The van der Waals surface area contributed by atoms with Crippen LogP contribution in [0.1, 0.15) is 33.1 Å². The third-order valence-corrected chi connectivity index (χ3v) is 4.79. The largest absolute Gasteiger partial charge is 0.458 e. The molecule has 2 aliphatic rings. The van der Waals surface area contributed by atoms with E-state index in [1.165, 1.54) is 6.08 Å². The third-order valence-electron chi connectivity index (χ3n) is 4.79. The number of carbonyl (C=O) groups is 2. The van der Waals surface area contributed by atoms with Crippen molar-refractivity contribution in [1.29, 1.82) is 0 Å². The average molecular weight is 362 g/mol. The van der Waals surface area contributed by atoms with E-state index in [9.17, 15) is 19.8 Å². The first-order valence-corrected chi connectivity index (χ1v) is 8.74. The summed E-state index contributed by atoms with van der Waals surface area (Å²) in [5, 5.41) is 18.9. The molecule has 1 fully saturated rings. The SMILES string of the molecule is C=C1C(=O)O[C@@H]2/C=C(/C)CC/C=C(/CO)C[C@@H](OC(=O)/C(=C/C)CO)[C@@H]12. The second-order valence-electron chi connectivity index (χ2n) is 6.61. The molecule has 0 aromatic rings. The molecule has 0 radical (unpaired) electrons. The van der Waals surface area contributed by atoms with E-state index >= 15 is 0 Å². The first-order chi connectivity index (χ1) is 12.4. The van der Waals surface area contributed by atoms with Gasteiger partial charge in [0.2, 0.25) is 0 Å². The van der Waals surface area contributed by atoms with E-state index in [0.717, 1.165) is 24.0 Å². The molecule has 2 N–H and O–H groups in total. The Bertz CT molecular complexity index is 670. The number of aliphatic hydroxyl groups is 2. The molecule has 1 aliphatic heterocycles. The average Bonchev–Trinajstić information content (AvgIpc) is 2.87.